The van der Waals surface area contributed by atoms with Crippen LogP contribution in [0, 0.1) is 0 Å². The molecule has 2 saturated heterocycles. The van der Waals surface area contributed by atoms with Gasteiger partial charge in [-0.2, -0.15) is 8.78 Å². The zero-order valence-corrected chi connectivity index (χ0v) is 13.4. The van der Waals surface area contributed by atoms with E-state index in [0.29, 0.717) is 18.4 Å². The lowest BCUT2D eigenvalue weighted by Gasteiger charge is -2.44. The van der Waals surface area contributed by atoms with E-state index in [1.165, 1.54) is 6.07 Å². The number of para-hydroxylation sites is 1. The maximum atomic E-state index is 12.5. The normalized spacial score (nSPS) is 32.7. The number of rotatable bonds is 4. The number of hydrogen-bond donors (Lipinski definition) is 1. The van der Waals surface area contributed by atoms with Crippen LogP contribution in [0.5, 0.6) is 5.75 Å². The summed E-state index contributed by atoms with van der Waals surface area (Å²) >= 11 is 0. The Labute approximate surface area is 134 Å². The molecule has 1 aromatic rings. The van der Waals surface area contributed by atoms with Gasteiger partial charge in [-0.1, -0.05) is 24.6 Å². The van der Waals surface area contributed by atoms with Crippen LogP contribution < -0.4 is 4.74 Å². The third-order valence-electron chi connectivity index (χ3n) is 4.90. The van der Waals surface area contributed by atoms with E-state index in [0.717, 1.165) is 6.42 Å². The molecule has 0 aromatic heterocycles. The molecule has 1 aromatic carbocycles. The molecule has 2 aliphatic rings. The van der Waals surface area contributed by atoms with Crippen LogP contribution in [-0.4, -0.2) is 36.2 Å². The van der Waals surface area contributed by atoms with Gasteiger partial charge in [-0.05, 0) is 37.3 Å². The third kappa shape index (κ3) is 3.35. The Morgan fingerprint density at radius 1 is 1.22 bits per heavy atom. The minimum Gasteiger partial charge on any atom is -0.435 e. The smallest absolute Gasteiger partial charge is 0.387 e. The van der Waals surface area contributed by atoms with Crippen LogP contribution in [0.1, 0.15) is 37.7 Å². The fourth-order valence-corrected chi connectivity index (χ4v) is 6.52. The largest absolute Gasteiger partial charge is 0.435 e. The Morgan fingerprint density at radius 2 is 1.83 bits per heavy atom. The summed E-state index contributed by atoms with van der Waals surface area (Å²) in [7, 11) is -3.17. The predicted octanol–water partition coefficient (Wildman–Crippen LogP) is 2.69. The molecule has 3 rings (SSSR count). The molecule has 128 valence electrons. The molecule has 1 N–H and O–H groups in total. The van der Waals surface area contributed by atoms with Crippen molar-refractivity contribution in [3.63, 3.8) is 0 Å². The Bertz CT molecular complexity index is 654. The number of hydrogen-bond acceptors (Lipinski definition) is 4. The highest BCUT2D eigenvalue weighted by Gasteiger charge is 2.50. The molecule has 0 amide bonds. The molecule has 2 bridgehead atoms. The topological polar surface area (TPSA) is 63.6 Å². The van der Waals surface area contributed by atoms with Gasteiger partial charge in [0.25, 0.3) is 0 Å². The highest BCUT2D eigenvalue weighted by Crippen LogP contribution is 2.43. The number of fused-ring (bicyclic) bond motifs is 2. The van der Waals surface area contributed by atoms with E-state index in [1.54, 1.807) is 18.2 Å². The van der Waals surface area contributed by atoms with E-state index < -0.39 is 32.5 Å². The standard InChI is InChI=1S/C16H20F2O4S/c17-15(18)22-14-7-2-1-4-11(14)8-16(19)9-12-5-3-6-13(10-16)23(12,20)21/h1-2,4,7,12-13,15,19H,3,5-6,8-10H2. The van der Waals surface area contributed by atoms with Gasteiger partial charge in [-0.3, -0.25) is 0 Å². The van der Waals surface area contributed by atoms with E-state index in [-0.39, 0.29) is 25.0 Å². The van der Waals surface area contributed by atoms with E-state index in [9.17, 15) is 22.3 Å². The fraction of sp³-hybridized carbons (Fsp3) is 0.625. The first kappa shape index (κ1) is 16.6. The lowest BCUT2D eigenvalue weighted by molar-refractivity contribution is -0.0518. The second kappa shape index (κ2) is 6.02. The molecule has 2 aliphatic heterocycles. The minimum atomic E-state index is -3.17. The van der Waals surface area contributed by atoms with Crippen LogP contribution in [-0.2, 0) is 16.3 Å². The summed E-state index contributed by atoms with van der Waals surface area (Å²) in [5.41, 5.74) is -0.712. The number of sulfone groups is 1. The molecule has 2 atom stereocenters. The van der Waals surface area contributed by atoms with Gasteiger partial charge in [0.2, 0.25) is 0 Å². The number of benzene rings is 1. The van der Waals surface area contributed by atoms with Crippen molar-refractivity contribution in [3.8, 4) is 5.75 Å². The molecule has 7 heteroatoms. The van der Waals surface area contributed by atoms with Gasteiger partial charge in [0.1, 0.15) is 5.75 Å². The Kier molecular flexibility index (Phi) is 4.35. The molecular formula is C16H20F2O4S. The molecule has 4 nitrogen and oxygen atoms in total. The maximum Gasteiger partial charge on any atom is 0.387 e. The average Bonchev–Trinajstić information content (AvgIpc) is 2.43. The second-order valence-electron chi connectivity index (χ2n) is 6.56. The van der Waals surface area contributed by atoms with Crippen molar-refractivity contribution in [2.75, 3.05) is 0 Å². The van der Waals surface area contributed by atoms with Crippen LogP contribution >= 0.6 is 0 Å². The van der Waals surface area contributed by atoms with Gasteiger partial charge < -0.3 is 9.84 Å². The lowest BCUT2D eigenvalue weighted by Crippen LogP contribution is -2.52. The number of halogens is 2. The van der Waals surface area contributed by atoms with Crippen LogP contribution in [0.15, 0.2) is 24.3 Å². The predicted molar refractivity (Wildman–Crippen MR) is 81.3 cm³/mol. The van der Waals surface area contributed by atoms with Gasteiger partial charge in [0.15, 0.2) is 9.84 Å². The van der Waals surface area contributed by atoms with Gasteiger partial charge in [-0.15, -0.1) is 0 Å². The van der Waals surface area contributed by atoms with E-state index in [1.807, 2.05) is 0 Å². The molecule has 0 spiro atoms. The second-order valence-corrected chi connectivity index (χ2v) is 9.07. The maximum absolute atomic E-state index is 12.5. The van der Waals surface area contributed by atoms with Crippen molar-refractivity contribution < 1.29 is 27.0 Å². The zero-order chi connectivity index (χ0) is 16.7. The summed E-state index contributed by atoms with van der Waals surface area (Å²) in [6, 6.07) is 6.35. The first-order valence-electron chi connectivity index (χ1n) is 7.78. The molecule has 2 unspecified atom stereocenters. The summed E-state index contributed by atoms with van der Waals surface area (Å²) < 4.78 is 54.1. The van der Waals surface area contributed by atoms with Crippen molar-refractivity contribution >= 4 is 9.84 Å². The van der Waals surface area contributed by atoms with Gasteiger partial charge in [-0.25, -0.2) is 8.42 Å². The molecule has 0 radical (unpaired) electrons. The highest BCUT2D eigenvalue weighted by atomic mass is 32.2. The summed E-state index contributed by atoms with van der Waals surface area (Å²) in [5, 5.41) is 9.86. The number of alkyl halides is 2. The molecular weight excluding hydrogens is 326 g/mol. The lowest BCUT2D eigenvalue weighted by atomic mass is 9.81. The summed E-state index contributed by atoms with van der Waals surface area (Å²) in [4.78, 5) is 0. The molecule has 0 saturated carbocycles. The molecule has 0 aliphatic carbocycles. The third-order valence-corrected chi connectivity index (χ3v) is 7.57. The van der Waals surface area contributed by atoms with E-state index >= 15 is 0 Å². The van der Waals surface area contributed by atoms with Crippen LogP contribution in [0.3, 0.4) is 0 Å². The molecule has 23 heavy (non-hydrogen) atoms. The Balaban J connectivity index is 1.83. The monoisotopic (exact) mass is 346 g/mol. The Hall–Kier alpha value is -1.21. The minimum absolute atomic E-state index is 0.0366. The van der Waals surface area contributed by atoms with Gasteiger partial charge in [0.05, 0.1) is 16.1 Å². The quantitative estimate of drug-likeness (QED) is 0.910. The van der Waals surface area contributed by atoms with Gasteiger partial charge in [0, 0.05) is 6.42 Å². The van der Waals surface area contributed by atoms with Crippen LogP contribution in [0.25, 0.3) is 0 Å². The van der Waals surface area contributed by atoms with Crippen molar-refractivity contribution in [1.29, 1.82) is 0 Å². The number of aliphatic hydroxyl groups is 1. The van der Waals surface area contributed by atoms with E-state index in [2.05, 4.69) is 4.74 Å². The average molecular weight is 346 g/mol. The van der Waals surface area contributed by atoms with Crippen molar-refractivity contribution in [2.45, 2.75) is 61.2 Å². The SMILES string of the molecule is O=S1(=O)C2CCCC1CC(O)(Cc1ccccc1OC(F)F)C2. The van der Waals surface area contributed by atoms with Crippen molar-refractivity contribution in [2.24, 2.45) is 0 Å². The summed E-state index contributed by atoms with van der Waals surface area (Å²) in [6.45, 7) is -2.93. The summed E-state index contributed by atoms with van der Waals surface area (Å²) in [6.07, 6.45) is 2.43. The van der Waals surface area contributed by atoms with Crippen LogP contribution in [0.2, 0.25) is 0 Å². The van der Waals surface area contributed by atoms with Crippen LogP contribution in [0.4, 0.5) is 8.78 Å². The van der Waals surface area contributed by atoms with E-state index in [4.69, 9.17) is 0 Å². The fourth-order valence-electron chi connectivity index (χ4n) is 3.90. The van der Waals surface area contributed by atoms with Gasteiger partial charge >= 0.3 is 6.61 Å². The van der Waals surface area contributed by atoms with Crippen molar-refractivity contribution in [3.05, 3.63) is 29.8 Å². The first-order chi connectivity index (χ1) is 10.8. The van der Waals surface area contributed by atoms with Crippen molar-refractivity contribution in [1.82, 2.24) is 0 Å². The number of ether oxygens (including phenoxy) is 1. The summed E-state index contributed by atoms with van der Waals surface area (Å²) in [5.74, 6) is 0.0366. The highest BCUT2D eigenvalue weighted by molar-refractivity contribution is 7.92. The molecule has 2 heterocycles. The molecule has 2 fully saturated rings. The zero-order valence-electron chi connectivity index (χ0n) is 12.6. The Morgan fingerprint density at radius 3 is 2.43 bits per heavy atom. The first-order valence-corrected chi connectivity index (χ1v) is 9.39.